The van der Waals surface area contributed by atoms with Crippen LogP contribution in [0.3, 0.4) is 0 Å². The van der Waals surface area contributed by atoms with E-state index in [9.17, 15) is 26.4 Å². The lowest BCUT2D eigenvalue weighted by atomic mass is 10.2. The molecule has 33 heavy (non-hydrogen) atoms. The van der Waals surface area contributed by atoms with Gasteiger partial charge in [-0.1, -0.05) is 0 Å². The Morgan fingerprint density at radius 3 is 2.45 bits per heavy atom. The third-order valence-corrected chi connectivity index (χ3v) is 6.83. The molecule has 0 aliphatic carbocycles. The summed E-state index contributed by atoms with van der Waals surface area (Å²) in [6.07, 6.45) is -1.83. The third-order valence-electron chi connectivity index (χ3n) is 4.98. The number of fused-ring (bicyclic) bond motifs is 1. The highest BCUT2D eigenvalue weighted by Crippen LogP contribution is 2.36. The zero-order chi connectivity index (χ0) is 23.8. The van der Waals surface area contributed by atoms with Crippen LogP contribution in [0, 0.1) is 6.92 Å². The number of nitrogens with zero attached hydrogens (tertiary/aromatic N) is 3. The number of benzene rings is 2. The fraction of sp³-hybridized carbons (Fsp3) is 0.190. The molecule has 0 bridgehead atoms. The molecule has 0 saturated heterocycles. The second-order valence-corrected chi connectivity index (χ2v) is 9.00. The van der Waals surface area contributed by atoms with Crippen molar-refractivity contribution in [3.8, 4) is 5.75 Å². The van der Waals surface area contributed by atoms with E-state index in [-0.39, 0.29) is 40.7 Å². The van der Waals surface area contributed by atoms with E-state index in [1.54, 1.807) is 6.92 Å². The van der Waals surface area contributed by atoms with Gasteiger partial charge in [0.2, 0.25) is 0 Å². The van der Waals surface area contributed by atoms with Gasteiger partial charge < -0.3 is 10.1 Å². The number of aromatic nitrogens is 2. The van der Waals surface area contributed by atoms with Crippen molar-refractivity contribution in [3.63, 3.8) is 0 Å². The van der Waals surface area contributed by atoms with Crippen LogP contribution >= 0.6 is 0 Å². The van der Waals surface area contributed by atoms with E-state index in [1.807, 2.05) is 0 Å². The highest BCUT2D eigenvalue weighted by atomic mass is 32.2. The lowest BCUT2D eigenvalue weighted by molar-refractivity contribution is -0.137. The van der Waals surface area contributed by atoms with Crippen LogP contribution in [-0.2, 0) is 16.2 Å². The predicted molar refractivity (Wildman–Crippen MR) is 113 cm³/mol. The summed E-state index contributed by atoms with van der Waals surface area (Å²) in [5.41, 5.74) is 0.219. The van der Waals surface area contributed by atoms with Crippen molar-refractivity contribution in [2.45, 2.75) is 18.0 Å². The number of hydrogen-bond acceptors (Lipinski definition) is 6. The van der Waals surface area contributed by atoms with Crippen LogP contribution in [0.1, 0.15) is 21.5 Å². The zero-order valence-electron chi connectivity index (χ0n) is 17.1. The Balaban J connectivity index is 1.67. The van der Waals surface area contributed by atoms with E-state index in [2.05, 4.69) is 15.5 Å². The first-order valence-electron chi connectivity index (χ1n) is 9.63. The van der Waals surface area contributed by atoms with Crippen LogP contribution in [0.5, 0.6) is 5.75 Å². The Hall–Kier alpha value is -3.67. The molecule has 2 aromatic carbocycles. The maximum Gasteiger partial charge on any atom is 0.416 e. The van der Waals surface area contributed by atoms with Gasteiger partial charge in [-0.3, -0.25) is 9.10 Å². The van der Waals surface area contributed by atoms with Crippen molar-refractivity contribution in [1.82, 2.24) is 10.2 Å². The molecule has 1 aliphatic rings. The van der Waals surface area contributed by atoms with E-state index < -0.39 is 27.7 Å². The van der Waals surface area contributed by atoms with Gasteiger partial charge in [0.15, 0.2) is 0 Å². The van der Waals surface area contributed by atoms with E-state index in [1.165, 1.54) is 30.6 Å². The molecule has 8 nitrogen and oxygen atoms in total. The summed E-state index contributed by atoms with van der Waals surface area (Å²) >= 11 is 0. The SMILES string of the molecule is Cc1cnncc1C(=O)Nc1ccc2c(c1)S(=O)(=O)N(c1ccc(C(F)(F)F)cc1)CCO2. The van der Waals surface area contributed by atoms with Crippen molar-refractivity contribution in [2.75, 3.05) is 22.8 Å². The Morgan fingerprint density at radius 1 is 1.09 bits per heavy atom. The number of rotatable bonds is 3. The molecule has 4 rings (SSSR count). The lowest BCUT2D eigenvalue weighted by Crippen LogP contribution is -2.32. The van der Waals surface area contributed by atoms with Crippen LogP contribution in [0.15, 0.2) is 59.8 Å². The molecule has 3 aromatic rings. The van der Waals surface area contributed by atoms with Gasteiger partial charge in [-0.05, 0) is 55.0 Å². The van der Waals surface area contributed by atoms with E-state index in [0.29, 0.717) is 5.56 Å². The molecule has 1 aliphatic heterocycles. The maximum atomic E-state index is 13.4. The Kier molecular flexibility index (Phi) is 5.70. The number of anilines is 2. The standard InChI is InChI=1S/C21H17F3N4O4S/c1-13-11-25-26-12-17(13)20(29)27-15-4-7-18-19(10-15)33(30,31)28(8-9-32-18)16-5-2-14(3-6-16)21(22,23)24/h2-7,10-12H,8-9H2,1H3,(H,27,29). The van der Waals surface area contributed by atoms with Crippen molar-refractivity contribution in [2.24, 2.45) is 0 Å². The number of carbonyl (C=O) groups excluding carboxylic acids is 1. The number of sulfonamides is 1. The number of aryl methyl sites for hydroxylation is 1. The van der Waals surface area contributed by atoms with Gasteiger partial charge in [0.1, 0.15) is 17.3 Å². The highest BCUT2D eigenvalue weighted by molar-refractivity contribution is 7.93. The molecule has 0 spiro atoms. The van der Waals surface area contributed by atoms with E-state index in [0.717, 1.165) is 28.6 Å². The largest absolute Gasteiger partial charge is 0.490 e. The molecule has 1 amide bonds. The molecule has 0 radical (unpaired) electrons. The van der Waals surface area contributed by atoms with Crippen LogP contribution < -0.4 is 14.4 Å². The average Bonchev–Trinajstić information content (AvgIpc) is 2.89. The normalized spacial score (nSPS) is 15.2. The number of halogens is 3. The molecule has 12 heteroatoms. The summed E-state index contributed by atoms with van der Waals surface area (Å²) in [5, 5.41) is 9.97. The summed E-state index contributed by atoms with van der Waals surface area (Å²) in [5.74, 6) is -0.432. The Labute approximate surface area is 187 Å². The van der Waals surface area contributed by atoms with Gasteiger partial charge in [0, 0.05) is 5.69 Å². The molecule has 0 atom stereocenters. The summed E-state index contributed by atoms with van der Waals surface area (Å²) in [6.45, 7) is 1.56. The average molecular weight is 478 g/mol. The van der Waals surface area contributed by atoms with Crippen molar-refractivity contribution < 1.29 is 31.1 Å². The minimum atomic E-state index is -4.54. The quantitative estimate of drug-likeness (QED) is 0.617. The van der Waals surface area contributed by atoms with Gasteiger partial charge in [-0.15, -0.1) is 0 Å². The van der Waals surface area contributed by atoms with Gasteiger partial charge in [-0.2, -0.15) is 23.4 Å². The van der Waals surface area contributed by atoms with Gasteiger partial charge in [-0.25, -0.2) is 8.42 Å². The van der Waals surface area contributed by atoms with Crippen LogP contribution in [0.4, 0.5) is 24.5 Å². The van der Waals surface area contributed by atoms with E-state index >= 15 is 0 Å². The monoisotopic (exact) mass is 478 g/mol. The fourth-order valence-corrected chi connectivity index (χ4v) is 4.90. The van der Waals surface area contributed by atoms with Crippen LogP contribution in [0.2, 0.25) is 0 Å². The molecular formula is C21H17F3N4O4S. The van der Waals surface area contributed by atoms with Crippen molar-refractivity contribution in [1.29, 1.82) is 0 Å². The van der Waals surface area contributed by atoms with Crippen molar-refractivity contribution >= 4 is 27.3 Å². The predicted octanol–water partition coefficient (Wildman–Crippen LogP) is 3.64. The van der Waals surface area contributed by atoms with Gasteiger partial charge in [0.25, 0.3) is 15.9 Å². The first kappa shape index (κ1) is 22.5. The Bertz CT molecular complexity index is 1310. The third kappa shape index (κ3) is 4.46. The van der Waals surface area contributed by atoms with Crippen LogP contribution in [0.25, 0.3) is 0 Å². The first-order valence-corrected chi connectivity index (χ1v) is 11.1. The summed E-state index contributed by atoms with van der Waals surface area (Å²) < 4.78 is 71.9. The van der Waals surface area contributed by atoms with Gasteiger partial charge in [0.05, 0.1) is 35.8 Å². The first-order chi connectivity index (χ1) is 15.6. The van der Waals surface area contributed by atoms with Crippen LogP contribution in [-0.4, -0.2) is 37.7 Å². The topological polar surface area (TPSA) is 101 Å². The molecule has 0 saturated carbocycles. The smallest absolute Gasteiger partial charge is 0.416 e. The zero-order valence-corrected chi connectivity index (χ0v) is 17.9. The minimum absolute atomic E-state index is 0.0131. The van der Waals surface area contributed by atoms with Gasteiger partial charge >= 0.3 is 6.18 Å². The Morgan fingerprint density at radius 2 is 1.79 bits per heavy atom. The number of ether oxygens (including phenoxy) is 1. The molecule has 1 N–H and O–H groups in total. The summed E-state index contributed by atoms with van der Waals surface area (Å²) in [7, 11) is -4.20. The summed E-state index contributed by atoms with van der Waals surface area (Å²) in [4.78, 5) is 12.3. The van der Waals surface area contributed by atoms with Crippen molar-refractivity contribution in [3.05, 3.63) is 71.5 Å². The molecule has 0 unspecified atom stereocenters. The second kappa shape index (κ2) is 8.35. The number of hydrogen-bond donors (Lipinski definition) is 1. The lowest BCUT2D eigenvalue weighted by Gasteiger charge is -2.22. The molecule has 2 heterocycles. The molecular weight excluding hydrogens is 461 g/mol. The number of amides is 1. The van der Waals surface area contributed by atoms with E-state index in [4.69, 9.17) is 4.74 Å². The summed E-state index contributed by atoms with van der Waals surface area (Å²) in [6, 6.07) is 7.97. The number of alkyl halides is 3. The number of nitrogens with one attached hydrogen (secondary N) is 1. The molecule has 1 aromatic heterocycles. The fourth-order valence-electron chi connectivity index (χ4n) is 3.29. The second-order valence-electron chi connectivity index (χ2n) is 7.17. The maximum absolute atomic E-state index is 13.4. The minimum Gasteiger partial charge on any atom is -0.490 e. The molecule has 0 fully saturated rings. The molecule has 172 valence electrons. The highest BCUT2D eigenvalue weighted by Gasteiger charge is 2.33. The number of carbonyl (C=O) groups is 1.